The second-order valence-corrected chi connectivity index (χ2v) is 6.65. The Balaban J connectivity index is 1.49. The van der Waals surface area contributed by atoms with E-state index in [1.54, 1.807) is 23.3 Å². The Morgan fingerprint density at radius 1 is 1.35 bits per heavy atom. The molecule has 1 fully saturated rings. The molecule has 1 aliphatic rings. The molecule has 1 aliphatic heterocycles. The molecule has 0 saturated carbocycles. The SMILES string of the molecule is Cc1cc(-n2ncc3cc(CC(=O)NCC4(F)CNC4)ncc32)ccn1. The van der Waals surface area contributed by atoms with Crippen LogP contribution in [0.15, 0.2) is 36.8 Å². The summed E-state index contributed by atoms with van der Waals surface area (Å²) in [6.07, 6.45) is 5.29. The van der Waals surface area contributed by atoms with E-state index in [1.807, 2.05) is 25.1 Å². The van der Waals surface area contributed by atoms with Gasteiger partial charge < -0.3 is 10.6 Å². The lowest BCUT2D eigenvalue weighted by Gasteiger charge is -2.34. The number of hydrogen-bond acceptors (Lipinski definition) is 5. The first kappa shape index (κ1) is 16.6. The van der Waals surface area contributed by atoms with E-state index >= 15 is 0 Å². The van der Waals surface area contributed by atoms with Crippen LogP contribution in [0.5, 0.6) is 0 Å². The van der Waals surface area contributed by atoms with Crippen LogP contribution in [0.25, 0.3) is 16.6 Å². The van der Waals surface area contributed by atoms with Gasteiger partial charge in [0.05, 0.1) is 42.3 Å². The number of carbonyl (C=O) groups excluding carboxylic acids is 1. The quantitative estimate of drug-likeness (QED) is 0.717. The van der Waals surface area contributed by atoms with Crippen LogP contribution in [-0.4, -0.2) is 51.0 Å². The zero-order valence-corrected chi connectivity index (χ0v) is 14.4. The van der Waals surface area contributed by atoms with Crippen molar-refractivity contribution in [3.05, 3.63) is 48.2 Å². The number of carbonyl (C=O) groups is 1. The molecule has 2 N–H and O–H groups in total. The highest BCUT2D eigenvalue weighted by molar-refractivity contribution is 5.82. The van der Waals surface area contributed by atoms with E-state index in [4.69, 9.17) is 0 Å². The molecule has 7 nitrogen and oxygen atoms in total. The minimum absolute atomic E-state index is 0.0282. The lowest BCUT2D eigenvalue weighted by molar-refractivity contribution is -0.121. The first-order valence-corrected chi connectivity index (χ1v) is 8.44. The van der Waals surface area contributed by atoms with E-state index in [0.717, 1.165) is 22.3 Å². The Morgan fingerprint density at radius 2 is 2.19 bits per heavy atom. The molecule has 1 saturated heterocycles. The van der Waals surface area contributed by atoms with E-state index < -0.39 is 5.67 Å². The van der Waals surface area contributed by atoms with Crippen molar-refractivity contribution in [3.63, 3.8) is 0 Å². The highest BCUT2D eigenvalue weighted by atomic mass is 19.1. The van der Waals surface area contributed by atoms with Gasteiger partial charge in [-0.2, -0.15) is 5.10 Å². The number of nitrogens with one attached hydrogen (secondary N) is 2. The molecule has 0 bridgehead atoms. The third-order valence-corrected chi connectivity index (χ3v) is 4.46. The summed E-state index contributed by atoms with van der Waals surface area (Å²) in [6, 6.07) is 5.65. The minimum Gasteiger partial charge on any atom is -0.352 e. The summed E-state index contributed by atoms with van der Waals surface area (Å²) in [5.74, 6) is -0.238. The zero-order valence-electron chi connectivity index (χ0n) is 14.4. The van der Waals surface area contributed by atoms with Gasteiger partial charge in [0.1, 0.15) is 0 Å². The predicted molar refractivity (Wildman–Crippen MR) is 94.8 cm³/mol. The molecule has 0 unspecified atom stereocenters. The summed E-state index contributed by atoms with van der Waals surface area (Å²) < 4.78 is 15.7. The number of halogens is 1. The average molecular weight is 354 g/mol. The molecule has 3 aromatic rings. The van der Waals surface area contributed by atoms with Gasteiger partial charge in [-0.25, -0.2) is 9.07 Å². The van der Waals surface area contributed by atoms with Crippen molar-refractivity contribution in [2.75, 3.05) is 19.6 Å². The lowest BCUT2D eigenvalue weighted by atomic mass is 10.00. The monoisotopic (exact) mass is 354 g/mol. The van der Waals surface area contributed by atoms with Crippen LogP contribution >= 0.6 is 0 Å². The number of fused-ring (bicyclic) bond motifs is 1. The predicted octanol–water partition coefficient (Wildman–Crippen LogP) is 1.09. The molecule has 0 atom stereocenters. The number of aryl methyl sites for hydroxylation is 1. The standard InChI is InChI=1S/C18H19FN6O/c1-12-4-15(2-3-21-12)25-16-8-22-14(5-13(16)7-24-25)6-17(26)23-11-18(19)9-20-10-18/h2-5,7-8,20H,6,9-11H2,1H3,(H,23,26). The molecular weight excluding hydrogens is 335 g/mol. The molecule has 1 amide bonds. The van der Waals surface area contributed by atoms with Gasteiger partial charge in [0, 0.05) is 30.4 Å². The number of pyridine rings is 2. The van der Waals surface area contributed by atoms with E-state index in [0.29, 0.717) is 5.69 Å². The molecule has 26 heavy (non-hydrogen) atoms. The van der Waals surface area contributed by atoms with E-state index in [2.05, 4.69) is 25.7 Å². The van der Waals surface area contributed by atoms with E-state index in [9.17, 15) is 9.18 Å². The third-order valence-electron chi connectivity index (χ3n) is 4.46. The first-order valence-electron chi connectivity index (χ1n) is 8.44. The maximum absolute atomic E-state index is 13.9. The summed E-state index contributed by atoms with van der Waals surface area (Å²) in [4.78, 5) is 20.6. The van der Waals surface area contributed by atoms with Crippen LogP contribution in [0, 0.1) is 6.92 Å². The highest BCUT2D eigenvalue weighted by Gasteiger charge is 2.37. The molecule has 0 aromatic carbocycles. The Hall–Kier alpha value is -2.87. The third kappa shape index (κ3) is 3.28. The van der Waals surface area contributed by atoms with Crippen LogP contribution in [0.3, 0.4) is 0 Å². The summed E-state index contributed by atoms with van der Waals surface area (Å²) in [5.41, 5.74) is 1.96. The summed E-state index contributed by atoms with van der Waals surface area (Å²) >= 11 is 0. The average Bonchev–Trinajstić information content (AvgIpc) is 3.01. The van der Waals surface area contributed by atoms with Crippen molar-refractivity contribution in [2.24, 2.45) is 0 Å². The lowest BCUT2D eigenvalue weighted by Crippen LogP contribution is -2.61. The largest absolute Gasteiger partial charge is 0.352 e. The Bertz CT molecular complexity index is 965. The van der Waals surface area contributed by atoms with Gasteiger partial charge in [0.25, 0.3) is 0 Å². The summed E-state index contributed by atoms with van der Waals surface area (Å²) in [6.45, 7) is 2.52. The molecule has 3 aromatic heterocycles. The van der Waals surface area contributed by atoms with Crippen molar-refractivity contribution in [3.8, 4) is 5.69 Å². The van der Waals surface area contributed by atoms with Gasteiger partial charge in [-0.15, -0.1) is 0 Å². The number of amides is 1. The number of rotatable bonds is 5. The molecule has 0 aliphatic carbocycles. The number of nitrogens with zero attached hydrogens (tertiary/aromatic N) is 4. The van der Waals surface area contributed by atoms with Gasteiger partial charge in [-0.05, 0) is 25.1 Å². The molecule has 0 spiro atoms. The van der Waals surface area contributed by atoms with Gasteiger partial charge in [0.15, 0.2) is 5.67 Å². The molecule has 0 radical (unpaired) electrons. The first-order chi connectivity index (χ1) is 12.5. The van der Waals surface area contributed by atoms with Crippen LogP contribution in [0.4, 0.5) is 4.39 Å². The van der Waals surface area contributed by atoms with Gasteiger partial charge >= 0.3 is 0 Å². The van der Waals surface area contributed by atoms with Gasteiger partial charge in [0.2, 0.25) is 5.91 Å². The Morgan fingerprint density at radius 3 is 2.92 bits per heavy atom. The number of aromatic nitrogens is 4. The van der Waals surface area contributed by atoms with Crippen molar-refractivity contribution in [1.29, 1.82) is 0 Å². The zero-order chi connectivity index (χ0) is 18.1. The number of hydrogen-bond donors (Lipinski definition) is 2. The Kier molecular flexibility index (Phi) is 4.12. The number of alkyl halides is 1. The van der Waals surface area contributed by atoms with Crippen molar-refractivity contribution in [2.45, 2.75) is 19.0 Å². The molecule has 4 heterocycles. The van der Waals surface area contributed by atoms with E-state index in [1.165, 1.54) is 0 Å². The molecule has 4 rings (SSSR count). The van der Waals surface area contributed by atoms with Crippen molar-refractivity contribution < 1.29 is 9.18 Å². The fourth-order valence-corrected chi connectivity index (χ4v) is 2.94. The van der Waals surface area contributed by atoms with Crippen LogP contribution in [-0.2, 0) is 11.2 Å². The molecule has 8 heteroatoms. The van der Waals surface area contributed by atoms with Gasteiger partial charge in [-0.3, -0.25) is 14.8 Å². The molecular formula is C18H19FN6O. The normalized spacial score (nSPS) is 15.6. The smallest absolute Gasteiger partial charge is 0.226 e. The topological polar surface area (TPSA) is 84.7 Å². The van der Waals surface area contributed by atoms with Crippen molar-refractivity contribution in [1.82, 2.24) is 30.4 Å². The Labute approximate surface area is 149 Å². The fraction of sp³-hybridized carbons (Fsp3) is 0.333. The van der Waals surface area contributed by atoms with Crippen molar-refractivity contribution >= 4 is 16.8 Å². The van der Waals surface area contributed by atoms with Crippen LogP contribution in [0.1, 0.15) is 11.4 Å². The highest BCUT2D eigenvalue weighted by Crippen LogP contribution is 2.19. The maximum Gasteiger partial charge on any atom is 0.226 e. The van der Waals surface area contributed by atoms with Gasteiger partial charge in [-0.1, -0.05) is 0 Å². The second kappa shape index (κ2) is 6.45. The second-order valence-electron chi connectivity index (χ2n) is 6.65. The molecule has 134 valence electrons. The van der Waals surface area contributed by atoms with Crippen LogP contribution in [0.2, 0.25) is 0 Å². The summed E-state index contributed by atoms with van der Waals surface area (Å²) in [7, 11) is 0. The van der Waals surface area contributed by atoms with Crippen LogP contribution < -0.4 is 10.6 Å². The summed E-state index contributed by atoms with van der Waals surface area (Å²) in [5, 5.41) is 10.8. The van der Waals surface area contributed by atoms with E-state index in [-0.39, 0.29) is 32.0 Å². The minimum atomic E-state index is -1.32. The fourth-order valence-electron chi connectivity index (χ4n) is 2.94. The maximum atomic E-state index is 13.9.